The number of aromatic nitrogens is 4. The molecule has 0 aliphatic carbocycles. The summed E-state index contributed by atoms with van der Waals surface area (Å²) in [5.74, 6) is 0. The predicted molar refractivity (Wildman–Crippen MR) is 195 cm³/mol. The summed E-state index contributed by atoms with van der Waals surface area (Å²) in [6.07, 6.45) is 1.83. The van der Waals surface area contributed by atoms with Gasteiger partial charge in [-0.15, -0.1) is 0 Å². The molecule has 6 aromatic carbocycles. The van der Waals surface area contributed by atoms with E-state index in [9.17, 15) is 0 Å². The first kappa shape index (κ1) is 25.9. The third-order valence-corrected chi connectivity index (χ3v) is 9.42. The first-order chi connectivity index (χ1) is 23.3. The molecule has 0 amide bonds. The second-order valence-corrected chi connectivity index (χ2v) is 12.1. The molecular weight excluding hydrogens is 573 g/mol. The van der Waals surface area contributed by atoms with Gasteiger partial charge in [-0.1, -0.05) is 115 Å². The van der Waals surface area contributed by atoms with Gasteiger partial charge in [0.2, 0.25) is 0 Å². The van der Waals surface area contributed by atoms with Gasteiger partial charge in [-0.3, -0.25) is 4.98 Å². The number of hydrogen-bond donors (Lipinski definition) is 0. The summed E-state index contributed by atoms with van der Waals surface area (Å²) in [4.78, 5) is 9.80. The average molecular weight is 599 g/mol. The van der Waals surface area contributed by atoms with E-state index in [4.69, 9.17) is 10.1 Å². The number of rotatable bonds is 3. The average Bonchev–Trinajstić information content (AvgIpc) is 3.52. The summed E-state index contributed by atoms with van der Waals surface area (Å²) in [6.45, 7) is 0. The van der Waals surface area contributed by atoms with E-state index in [2.05, 4.69) is 151 Å². The van der Waals surface area contributed by atoms with E-state index >= 15 is 0 Å². The van der Waals surface area contributed by atoms with Gasteiger partial charge in [-0.05, 0) is 80.2 Å². The van der Waals surface area contributed by atoms with Crippen LogP contribution in [0.3, 0.4) is 0 Å². The van der Waals surface area contributed by atoms with Crippen molar-refractivity contribution < 1.29 is 0 Å². The molecule has 0 N–H and O–H groups in total. The molecule has 10 aromatic rings. The molecule has 0 unspecified atom stereocenters. The van der Waals surface area contributed by atoms with Gasteiger partial charge < -0.3 is 0 Å². The SMILES string of the molecule is c1ccc(-c2c3ccccc3c(-c3ccc4nn5c(-c6ccc7ccc8cccnc8c7n6)cccc5c4c3)c3ccccc23)cc1. The molecule has 0 bridgehead atoms. The molecule has 4 aromatic heterocycles. The maximum atomic E-state index is 5.14. The summed E-state index contributed by atoms with van der Waals surface area (Å²) in [7, 11) is 0. The van der Waals surface area contributed by atoms with Gasteiger partial charge in [0.1, 0.15) is 0 Å². The van der Waals surface area contributed by atoms with Gasteiger partial charge in [-0.2, -0.15) is 5.10 Å². The zero-order valence-electron chi connectivity index (χ0n) is 25.3. The second-order valence-electron chi connectivity index (χ2n) is 12.1. The van der Waals surface area contributed by atoms with Gasteiger partial charge in [0.15, 0.2) is 0 Å². The second kappa shape index (κ2) is 10.1. The van der Waals surface area contributed by atoms with Crippen molar-refractivity contribution in [1.29, 1.82) is 0 Å². The van der Waals surface area contributed by atoms with Crippen LogP contribution in [-0.4, -0.2) is 19.6 Å². The first-order valence-corrected chi connectivity index (χ1v) is 15.9. The minimum Gasteiger partial charge on any atom is -0.254 e. The smallest absolute Gasteiger partial charge is 0.0972 e. The summed E-state index contributed by atoms with van der Waals surface area (Å²) in [6, 6.07) is 53.8. The van der Waals surface area contributed by atoms with Crippen molar-refractivity contribution in [3.63, 3.8) is 0 Å². The van der Waals surface area contributed by atoms with Crippen molar-refractivity contribution in [2.75, 3.05) is 0 Å². The highest BCUT2D eigenvalue weighted by Crippen LogP contribution is 2.44. The fourth-order valence-electron chi connectivity index (χ4n) is 7.32. The number of pyridine rings is 3. The molecule has 0 saturated heterocycles. The molecule has 0 atom stereocenters. The maximum Gasteiger partial charge on any atom is 0.0972 e. The van der Waals surface area contributed by atoms with E-state index in [0.29, 0.717) is 0 Å². The lowest BCUT2D eigenvalue weighted by Gasteiger charge is -2.17. The zero-order chi connectivity index (χ0) is 30.9. The van der Waals surface area contributed by atoms with E-state index in [1.807, 2.05) is 16.8 Å². The van der Waals surface area contributed by atoms with Gasteiger partial charge in [0.25, 0.3) is 0 Å². The van der Waals surface area contributed by atoms with Crippen LogP contribution in [-0.2, 0) is 0 Å². The zero-order valence-corrected chi connectivity index (χ0v) is 25.3. The minimum absolute atomic E-state index is 0.864. The Bertz CT molecular complexity index is 2790. The Morgan fingerprint density at radius 3 is 1.85 bits per heavy atom. The summed E-state index contributed by atoms with van der Waals surface area (Å²) >= 11 is 0. The lowest BCUT2D eigenvalue weighted by Crippen LogP contribution is -1.96. The number of fused-ring (bicyclic) bond motifs is 8. The van der Waals surface area contributed by atoms with Crippen molar-refractivity contribution in [2.45, 2.75) is 0 Å². The fraction of sp³-hybridized carbons (Fsp3) is 0. The third kappa shape index (κ3) is 3.92. The largest absolute Gasteiger partial charge is 0.254 e. The molecule has 0 aliphatic heterocycles. The highest BCUT2D eigenvalue weighted by Gasteiger charge is 2.18. The van der Waals surface area contributed by atoms with Gasteiger partial charge in [0, 0.05) is 22.4 Å². The molecular formula is C43H26N4. The Balaban J connectivity index is 1.21. The van der Waals surface area contributed by atoms with Crippen LogP contribution in [0.25, 0.3) is 93.4 Å². The highest BCUT2D eigenvalue weighted by atomic mass is 15.2. The van der Waals surface area contributed by atoms with Crippen LogP contribution in [0.15, 0.2) is 158 Å². The molecule has 4 heterocycles. The van der Waals surface area contributed by atoms with E-state index in [-0.39, 0.29) is 0 Å². The Labute approximate surface area is 270 Å². The maximum absolute atomic E-state index is 5.14. The standard InChI is InChI=1S/C43H26N4/c1-2-10-27(11-3-1)40-31-13-4-6-15-33(31)41(34-16-7-5-14-32(34)40)30-22-23-36-35(26-30)38-17-8-18-39(47(38)46-36)37-24-21-29-20-19-28-12-9-25-44-42(28)43(29)45-37/h1-26H. The molecule has 0 aliphatic rings. The van der Waals surface area contributed by atoms with E-state index < -0.39 is 0 Å². The van der Waals surface area contributed by atoms with E-state index in [0.717, 1.165) is 49.6 Å². The van der Waals surface area contributed by atoms with Crippen LogP contribution in [0.4, 0.5) is 0 Å². The molecule has 4 heteroatoms. The number of hydrogen-bond acceptors (Lipinski definition) is 3. The van der Waals surface area contributed by atoms with Gasteiger partial charge >= 0.3 is 0 Å². The van der Waals surface area contributed by atoms with Crippen LogP contribution < -0.4 is 0 Å². The first-order valence-electron chi connectivity index (χ1n) is 15.9. The fourth-order valence-corrected chi connectivity index (χ4v) is 7.32. The Morgan fingerprint density at radius 2 is 1.11 bits per heavy atom. The van der Waals surface area contributed by atoms with Crippen molar-refractivity contribution in [1.82, 2.24) is 19.6 Å². The summed E-state index contributed by atoms with van der Waals surface area (Å²) < 4.78 is 2.04. The highest BCUT2D eigenvalue weighted by molar-refractivity contribution is 6.22. The van der Waals surface area contributed by atoms with Crippen LogP contribution in [0.1, 0.15) is 0 Å². The lowest BCUT2D eigenvalue weighted by atomic mass is 9.86. The molecule has 0 saturated carbocycles. The number of nitrogens with zero attached hydrogens (tertiary/aromatic N) is 4. The van der Waals surface area contributed by atoms with Gasteiger partial charge in [0.05, 0.1) is 33.5 Å². The molecule has 10 rings (SSSR count). The third-order valence-electron chi connectivity index (χ3n) is 9.42. The van der Waals surface area contributed by atoms with Crippen LogP contribution in [0.5, 0.6) is 0 Å². The van der Waals surface area contributed by atoms with Crippen molar-refractivity contribution in [2.24, 2.45) is 0 Å². The van der Waals surface area contributed by atoms with Crippen LogP contribution in [0, 0.1) is 0 Å². The molecule has 0 spiro atoms. The topological polar surface area (TPSA) is 43.1 Å². The van der Waals surface area contributed by atoms with Crippen LogP contribution >= 0.6 is 0 Å². The van der Waals surface area contributed by atoms with Crippen molar-refractivity contribution in [3.8, 4) is 33.6 Å². The molecule has 4 nitrogen and oxygen atoms in total. The minimum atomic E-state index is 0.864. The van der Waals surface area contributed by atoms with Crippen molar-refractivity contribution >= 4 is 59.8 Å². The summed E-state index contributed by atoms with van der Waals surface area (Å²) in [5, 5.41) is 13.3. The van der Waals surface area contributed by atoms with Crippen molar-refractivity contribution in [3.05, 3.63) is 158 Å². The Hall–Kier alpha value is -6.39. The predicted octanol–water partition coefficient (Wildman–Crippen LogP) is 10.9. The van der Waals surface area contributed by atoms with E-state index in [1.54, 1.807) is 0 Å². The Kier molecular flexibility index (Phi) is 5.54. The quantitative estimate of drug-likeness (QED) is 0.150. The normalized spacial score (nSPS) is 11.8. The van der Waals surface area contributed by atoms with Crippen LogP contribution in [0.2, 0.25) is 0 Å². The Morgan fingerprint density at radius 1 is 0.447 bits per heavy atom. The monoisotopic (exact) mass is 598 g/mol. The molecule has 47 heavy (non-hydrogen) atoms. The molecule has 218 valence electrons. The summed E-state index contributed by atoms with van der Waals surface area (Å²) in [5.41, 5.74) is 10.5. The number of benzene rings is 6. The lowest BCUT2D eigenvalue weighted by molar-refractivity contribution is 0.984. The van der Waals surface area contributed by atoms with Gasteiger partial charge in [-0.25, -0.2) is 9.50 Å². The van der Waals surface area contributed by atoms with E-state index in [1.165, 1.54) is 43.8 Å². The molecule has 0 radical (unpaired) electrons. The molecule has 0 fully saturated rings.